The summed E-state index contributed by atoms with van der Waals surface area (Å²) in [7, 11) is 0. The van der Waals surface area contributed by atoms with Crippen molar-refractivity contribution in [1.82, 2.24) is 20.4 Å². The number of aromatic nitrogens is 3. The summed E-state index contributed by atoms with van der Waals surface area (Å²) in [5.74, 6) is 0.326. The molecule has 0 unspecified atom stereocenters. The Balaban J connectivity index is 1.39. The molecule has 2 aromatic rings. The SMILES string of the molecule is Cc1noc(C)c1CCC(=O)NC1CCC(Oc2ncc(F)cn2)CC1. The van der Waals surface area contributed by atoms with E-state index in [1.165, 1.54) is 0 Å². The van der Waals surface area contributed by atoms with Crippen LogP contribution in [0.15, 0.2) is 16.9 Å². The molecule has 1 N–H and O–H groups in total. The molecule has 3 rings (SSSR count). The Kier molecular flexibility index (Phi) is 5.80. The Morgan fingerprint density at radius 2 is 1.96 bits per heavy atom. The predicted octanol–water partition coefficient (Wildman–Crippen LogP) is 2.66. The van der Waals surface area contributed by atoms with E-state index in [1.54, 1.807) is 0 Å². The number of halogens is 1. The molecule has 140 valence electrons. The van der Waals surface area contributed by atoms with E-state index >= 15 is 0 Å². The molecule has 0 aliphatic heterocycles. The van der Waals surface area contributed by atoms with E-state index in [4.69, 9.17) is 9.26 Å². The molecule has 1 amide bonds. The monoisotopic (exact) mass is 362 g/mol. The molecule has 1 saturated carbocycles. The third-order valence-electron chi connectivity index (χ3n) is 4.69. The maximum Gasteiger partial charge on any atom is 0.316 e. The van der Waals surface area contributed by atoms with Crippen LogP contribution < -0.4 is 10.1 Å². The molecule has 0 aromatic carbocycles. The highest BCUT2D eigenvalue weighted by molar-refractivity contribution is 5.76. The van der Waals surface area contributed by atoms with Crippen molar-refractivity contribution in [1.29, 1.82) is 0 Å². The highest BCUT2D eigenvalue weighted by atomic mass is 19.1. The predicted molar refractivity (Wildman–Crippen MR) is 91.1 cm³/mol. The Morgan fingerprint density at radius 3 is 2.58 bits per heavy atom. The molecule has 2 aromatic heterocycles. The molecule has 1 fully saturated rings. The number of nitrogens with one attached hydrogen (secondary N) is 1. The number of aryl methyl sites for hydroxylation is 2. The zero-order valence-electron chi connectivity index (χ0n) is 15.0. The minimum Gasteiger partial charge on any atom is -0.460 e. The van der Waals surface area contributed by atoms with Crippen molar-refractivity contribution in [2.45, 2.75) is 64.5 Å². The number of carbonyl (C=O) groups is 1. The number of ether oxygens (including phenoxy) is 1. The van der Waals surface area contributed by atoms with Crippen LogP contribution in [0, 0.1) is 19.7 Å². The number of rotatable bonds is 6. The third-order valence-corrected chi connectivity index (χ3v) is 4.69. The van der Waals surface area contributed by atoms with Gasteiger partial charge in [-0.25, -0.2) is 14.4 Å². The van der Waals surface area contributed by atoms with Gasteiger partial charge in [0.25, 0.3) is 0 Å². The summed E-state index contributed by atoms with van der Waals surface area (Å²) in [5, 5.41) is 6.99. The summed E-state index contributed by atoms with van der Waals surface area (Å²) in [6.45, 7) is 3.75. The van der Waals surface area contributed by atoms with E-state index in [9.17, 15) is 9.18 Å². The van der Waals surface area contributed by atoms with E-state index in [-0.39, 0.29) is 24.1 Å². The van der Waals surface area contributed by atoms with Crippen LogP contribution >= 0.6 is 0 Å². The summed E-state index contributed by atoms with van der Waals surface area (Å²) in [5.41, 5.74) is 1.85. The second-order valence-corrected chi connectivity index (χ2v) is 6.65. The normalized spacial score (nSPS) is 20.0. The molecule has 0 atom stereocenters. The number of nitrogens with zero attached hydrogens (tertiary/aromatic N) is 3. The molecule has 7 nitrogen and oxygen atoms in total. The molecule has 1 aliphatic carbocycles. The van der Waals surface area contributed by atoms with Gasteiger partial charge in [0.15, 0.2) is 5.82 Å². The summed E-state index contributed by atoms with van der Waals surface area (Å²) in [6.07, 6.45) is 6.50. The second kappa shape index (κ2) is 8.25. The fourth-order valence-electron chi connectivity index (χ4n) is 3.23. The van der Waals surface area contributed by atoms with E-state index in [0.29, 0.717) is 12.8 Å². The lowest BCUT2D eigenvalue weighted by atomic mass is 9.93. The molecule has 2 heterocycles. The van der Waals surface area contributed by atoms with Crippen LogP contribution in [0.5, 0.6) is 6.01 Å². The average Bonchev–Trinajstić information content (AvgIpc) is 2.95. The first-order chi connectivity index (χ1) is 12.5. The van der Waals surface area contributed by atoms with Crippen molar-refractivity contribution in [3.63, 3.8) is 0 Å². The second-order valence-electron chi connectivity index (χ2n) is 6.65. The molecule has 0 saturated heterocycles. The lowest BCUT2D eigenvalue weighted by molar-refractivity contribution is -0.122. The van der Waals surface area contributed by atoms with Crippen LogP contribution in [-0.2, 0) is 11.2 Å². The van der Waals surface area contributed by atoms with Crippen LogP contribution in [0.1, 0.15) is 49.1 Å². The Hall–Kier alpha value is -2.51. The number of hydrogen-bond donors (Lipinski definition) is 1. The fraction of sp³-hybridized carbons (Fsp3) is 0.556. The molecule has 0 radical (unpaired) electrons. The molecular weight excluding hydrogens is 339 g/mol. The maximum atomic E-state index is 12.8. The van der Waals surface area contributed by atoms with Crippen molar-refractivity contribution in [2.75, 3.05) is 0 Å². The van der Waals surface area contributed by atoms with Gasteiger partial charge in [-0.15, -0.1) is 0 Å². The average molecular weight is 362 g/mol. The molecule has 0 bridgehead atoms. The standard InChI is InChI=1S/C18H23FN4O3/c1-11-16(12(2)26-23-11)7-8-17(24)22-14-3-5-15(6-4-14)25-18-20-9-13(19)10-21-18/h9-10,14-15H,3-8H2,1-2H3,(H,22,24). The van der Waals surface area contributed by atoms with Gasteiger partial charge in [0.2, 0.25) is 5.91 Å². The number of carbonyl (C=O) groups excluding carboxylic acids is 1. The van der Waals surface area contributed by atoms with E-state index < -0.39 is 5.82 Å². The highest BCUT2D eigenvalue weighted by Crippen LogP contribution is 2.22. The van der Waals surface area contributed by atoms with Crippen molar-refractivity contribution >= 4 is 5.91 Å². The van der Waals surface area contributed by atoms with E-state index in [0.717, 1.165) is 55.1 Å². The van der Waals surface area contributed by atoms with Gasteiger partial charge in [0, 0.05) is 18.0 Å². The zero-order chi connectivity index (χ0) is 18.5. The van der Waals surface area contributed by atoms with Crippen LogP contribution in [-0.4, -0.2) is 33.2 Å². The molecular formula is C18H23FN4O3. The topological polar surface area (TPSA) is 90.1 Å². The molecule has 8 heteroatoms. The third kappa shape index (κ3) is 4.77. The van der Waals surface area contributed by atoms with Gasteiger partial charge in [-0.1, -0.05) is 5.16 Å². The van der Waals surface area contributed by atoms with Crippen molar-refractivity contribution in [3.8, 4) is 6.01 Å². The number of amides is 1. The Bertz CT molecular complexity index is 720. The number of hydrogen-bond acceptors (Lipinski definition) is 6. The highest BCUT2D eigenvalue weighted by Gasteiger charge is 2.24. The first-order valence-corrected chi connectivity index (χ1v) is 8.86. The van der Waals surface area contributed by atoms with Gasteiger partial charge < -0.3 is 14.6 Å². The van der Waals surface area contributed by atoms with Crippen molar-refractivity contribution < 1.29 is 18.4 Å². The van der Waals surface area contributed by atoms with Crippen LogP contribution in [0.4, 0.5) is 4.39 Å². The molecule has 1 aliphatic rings. The summed E-state index contributed by atoms with van der Waals surface area (Å²) < 4.78 is 23.6. The minimum atomic E-state index is -0.486. The minimum absolute atomic E-state index is 0.00378. The van der Waals surface area contributed by atoms with Crippen LogP contribution in [0.3, 0.4) is 0 Å². The largest absolute Gasteiger partial charge is 0.460 e. The van der Waals surface area contributed by atoms with Gasteiger partial charge in [-0.05, 0) is 46.0 Å². The summed E-state index contributed by atoms with van der Waals surface area (Å²) in [6, 6.07) is 0.347. The van der Waals surface area contributed by atoms with Gasteiger partial charge in [-0.3, -0.25) is 4.79 Å². The van der Waals surface area contributed by atoms with Gasteiger partial charge in [0.1, 0.15) is 11.9 Å². The van der Waals surface area contributed by atoms with Gasteiger partial charge in [-0.2, -0.15) is 0 Å². The fourth-order valence-corrected chi connectivity index (χ4v) is 3.23. The van der Waals surface area contributed by atoms with Crippen LogP contribution in [0.25, 0.3) is 0 Å². The molecule has 26 heavy (non-hydrogen) atoms. The quantitative estimate of drug-likeness (QED) is 0.850. The lowest BCUT2D eigenvalue weighted by Gasteiger charge is -2.28. The van der Waals surface area contributed by atoms with E-state index in [2.05, 4.69) is 20.4 Å². The van der Waals surface area contributed by atoms with Gasteiger partial charge in [0.05, 0.1) is 18.1 Å². The molecule has 0 spiro atoms. The van der Waals surface area contributed by atoms with E-state index in [1.807, 2.05) is 13.8 Å². The van der Waals surface area contributed by atoms with Gasteiger partial charge >= 0.3 is 6.01 Å². The lowest BCUT2D eigenvalue weighted by Crippen LogP contribution is -2.39. The Labute approximate surface area is 151 Å². The van der Waals surface area contributed by atoms with Crippen molar-refractivity contribution in [3.05, 3.63) is 35.2 Å². The first-order valence-electron chi connectivity index (χ1n) is 8.86. The Morgan fingerprint density at radius 1 is 1.27 bits per heavy atom. The zero-order valence-corrected chi connectivity index (χ0v) is 15.0. The summed E-state index contributed by atoms with van der Waals surface area (Å²) >= 11 is 0. The first kappa shape index (κ1) is 18.3. The maximum absolute atomic E-state index is 12.8. The van der Waals surface area contributed by atoms with Crippen LogP contribution in [0.2, 0.25) is 0 Å². The smallest absolute Gasteiger partial charge is 0.316 e. The van der Waals surface area contributed by atoms with Crippen molar-refractivity contribution in [2.24, 2.45) is 0 Å². The summed E-state index contributed by atoms with van der Waals surface area (Å²) in [4.78, 5) is 19.8.